The fourth-order valence-electron chi connectivity index (χ4n) is 2.05. The van der Waals surface area contributed by atoms with Crippen molar-refractivity contribution in [3.05, 3.63) is 53.5 Å². The van der Waals surface area contributed by atoms with Crippen molar-refractivity contribution in [2.45, 2.75) is 13.8 Å². The molecule has 0 atom stereocenters. The van der Waals surface area contributed by atoms with Gasteiger partial charge in [-0.1, -0.05) is 18.2 Å². The third-order valence-corrected chi connectivity index (χ3v) is 3.23. The van der Waals surface area contributed by atoms with E-state index in [1.54, 1.807) is 12.1 Å². The van der Waals surface area contributed by atoms with Gasteiger partial charge in [0, 0.05) is 11.1 Å². The van der Waals surface area contributed by atoms with E-state index in [9.17, 15) is 4.79 Å². The second-order valence-corrected chi connectivity index (χ2v) is 4.51. The highest BCUT2D eigenvalue weighted by Crippen LogP contribution is 2.28. The maximum Gasteiger partial charge on any atom is 0.256 e. The van der Waals surface area contributed by atoms with E-state index in [2.05, 4.69) is 15.3 Å². The van der Waals surface area contributed by atoms with Crippen LogP contribution in [0.3, 0.4) is 0 Å². The zero-order chi connectivity index (χ0) is 14.1. The number of furan rings is 1. The average molecular weight is 267 g/mol. The van der Waals surface area contributed by atoms with Gasteiger partial charge in [-0.2, -0.15) is 0 Å². The molecule has 0 aliphatic carbocycles. The highest BCUT2D eigenvalue weighted by molar-refractivity contribution is 6.07. The number of aryl methyl sites for hydroxylation is 2. The average Bonchev–Trinajstić information content (AvgIpc) is 2.76. The van der Waals surface area contributed by atoms with Crippen molar-refractivity contribution in [3.8, 4) is 0 Å². The van der Waals surface area contributed by atoms with E-state index < -0.39 is 0 Å². The summed E-state index contributed by atoms with van der Waals surface area (Å²) in [7, 11) is 0. The highest BCUT2D eigenvalue weighted by Gasteiger charge is 2.15. The molecule has 0 saturated heterocycles. The van der Waals surface area contributed by atoms with Crippen LogP contribution in [0.4, 0.5) is 5.82 Å². The Labute approximate surface area is 115 Å². The van der Waals surface area contributed by atoms with E-state index >= 15 is 0 Å². The summed E-state index contributed by atoms with van der Waals surface area (Å²) in [5.74, 6) is 1.04. The number of hydrogen-bond acceptors (Lipinski definition) is 4. The number of fused-ring (bicyclic) bond motifs is 1. The quantitative estimate of drug-likeness (QED) is 0.774. The summed E-state index contributed by atoms with van der Waals surface area (Å²) in [6, 6.07) is 9.00. The van der Waals surface area contributed by atoms with Crippen molar-refractivity contribution in [2.75, 3.05) is 5.32 Å². The Kier molecular flexibility index (Phi) is 2.95. The van der Waals surface area contributed by atoms with Crippen LogP contribution in [0, 0.1) is 13.8 Å². The summed E-state index contributed by atoms with van der Waals surface area (Å²) in [4.78, 5) is 20.4. The van der Waals surface area contributed by atoms with E-state index in [1.807, 2.05) is 32.0 Å². The van der Waals surface area contributed by atoms with Gasteiger partial charge in [-0.05, 0) is 26.0 Å². The molecule has 20 heavy (non-hydrogen) atoms. The molecule has 5 nitrogen and oxygen atoms in total. The minimum atomic E-state index is -0.205. The Morgan fingerprint density at radius 2 is 1.90 bits per heavy atom. The second-order valence-electron chi connectivity index (χ2n) is 4.51. The van der Waals surface area contributed by atoms with Crippen LogP contribution in [0.2, 0.25) is 0 Å². The number of anilines is 1. The molecule has 0 bridgehead atoms. The van der Waals surface area contributed by atoms with E-state index in [0.717, 1.165) is 16.7 Å². The van der Waals surface area contributed by atoms with Crippen molar-refractivity contribution < 1.29 is 9.21 Å². The Bertz CT molecular complexity index is 778. The van der Waals surface area contributed by atoms with Crippen LogP contribution in [0.25, 0.3) is 11.1 Å². The minimum absolute atomic E-state index is 0.205. The van der Waals surface area contributed by atoms with Crippen LogP contribution in [0.15, 0.2) is 41.1 Å². The maximum atomic E-state index is 12.2. The summed E-state index contributed by atoms with van der Waals surface area (Å²) in [6.07, 6.45) is 1.38. The standard InChI is InChI=1S/C15H13N3O2/c1-9-10(2)20-15-12(9)13(16-8-17-15)18-14(19)11-6-4-3-5-7-11/h3-8H,1-2H3,(H,16,17,18,19). The maximum absolute atomic E-state index is 12.2. The zero-order valence-corrected chi connectivity index (χ0v) is 11.2. The number of rotatable bonds is 2. The van der Waals surface area contributed by atoms with Crippen molar-refractivity contribution in [1.82, 2.24) is 9.97 Å². The lowest BCUT2D eigenvalue weighted by Crippen LogP contribution is -2.13. The molecular weight excluding hydrogens is 254 g/mol. The van der Waals surface area contributed by atoms with Gasteiger partial charge in [0.2, 0.25) is 5.71 Å². The SMILES string of the molecule is Cc1oc2ncnc(NC(=O)c3ccccc3)c2c1C. The monoisotopic (exact) mass is 267 g/mol. The van der Waals surface area contributed by atoms with Crippen LogP contribution in [-0.2, 0) is 0 Å². The van der Waals surface area contributed by atoms with Crippen LogP contribution in [0.5, 0.6) is 0 Å². The molecule has 1 aromatic carbocycles. The van der Waals surface area contributed by atoms with Crippen molar-refractivity contribution in [3.63, 3.8) is 0 Å². The fraction of sp³-hybridized carbons (Fsp3) is 0.133. The first-order valence-corrected chi connectivity index (χ1v) is 6.24. The third-order valence-electron chi connectivity index (χ3n) is 3.23. The van der Waals surface area contributed by atoms with Crippen molar-refractivity contribution in [1.29, 1.82) is 0 Å². The second kappa shape index (κ2) is 4.77. The topological polar surface area (TPSA) is 68.0 Å². The Hall–Kier alpha value is -2.69. The predicted octanol–water partition coefficient (Wildman–Crippen LogP) is 3.09. The molecule has 0 aliphatic heterocycles. The summed E-state index contributed by atoms with van der Waals surface area (Å²) < 4.78 is 5.52. The molecule has 3 aromatic rings. The molecule has 0 aliphatic rings. The first-order chi connectivity index (χ1) is 9.66. The lowest BCUT2D eigenvalue weighted by molar-refractivity contribution is 0.102. The first-order valence-electron chi connectivity index (χ1n) is 6.24. The van der Waals surface area contributed by atoms with E-state index in [1.165, 1.54) is 6.33 Å². The van der Waals surface area contributed by atoms with Crippen LogP contribution >= 0.6 is 0 Å². The summed E-state index contributed by atoms with van der Waals surface area (Å²) in [5, 5.41) is 3.55. The van der Waals surface area contributed by atoms with Crippen LogP contribution in [0.1, 0.15) is 21.7 Å². The third kappa shape index (κ3) is 2.03. The molecule has 0 fully saturated rings. The summed E-state index contributed by atoms with van der Waals surface area (Å²) in [6.45, 7) is 3.78. The number of benzene rings is 1. The summed E-state index contributed by atoms with van der Waals surface area (Å²) in [5.41, 5.74) is 2.00. The normalized spacial score (nSPS) is 10.7. The number of aromatic nitrogens is 2. The highest BCUT2D eigenvalue weighted by atomic mass is 16.3. The van der Waals surface area contributed by atoms with Gasteiger partial charge in [0.25, 0.3) is 5.91 Å². The molecule has 100 valence electrons. The lowest BCUT2D eigenvalue weighted by atomic mass is 10.2. The van der Waals surface area contributed by atoms with Crippen molar-refractivity contribution in [2.24, 2.45) is 0 Å². The van der Waals surface area contributed by atoms with Gasteiger partial charge < -0.3 is 9.73 Å². The lowest BCUT2D eigenvalue weighted by Gasteiger charge is -2.05. The van der Waals surface area contributed by atoms with Gasteiger partial charge in [-0.3, -0.25) is 4.79 Å². The van der Waals surface area contributed by atoms with Crippen molar-refractivity contribution >= 4 is 22.8 Å². The smallest absolute Gasteiger partial charge is 0.256 e. The first kappa shape index (κ1) is 12.3. The minimum Gasteiger partial charge on any atom is -0.443 e. The molecule has 2 heterocycles. The molecule has 0 spiro atoms. The van der Waals surface area contributed by atoms with Crippen LogP contribution in [-0.4, -0.2) is 15.9 Å². The molecule has 0 saturated carbocycles. The molecule has 1 N–H and O–H groups in total. The number of carbonyl (C=O) groups excluding carboxylic acids is 1. The number of amides is 1. The molecule has 0 radical (unpaired) electrons. The van der Waals surface area contributed by atoms with Crippen LogP contribution < -0.4 is 5.32 Å². The van der Waals surface area contributed by atoms with Gasteiger partial charge in [0.15, 0.2) is 0 Å². The van der Waals surface area contributed by atoms with E-state index in [-0.39, 0.29) is 5.91 Å². The number of carbonyl (C=O) groups is 1. The van der Waals surface area contributed by atoms with Gasteiger partial charge in [0.05, 0.1) is 5.39 Å². The Balaban J connectivity index is 2.01. The zero-order valence-electron chi connectivity index (χ0n) is 11.2. The molecule has 0 unspecified atom stereocenters. The fourth-order valence-corrected chi connectivity index (χ4v) is 2.05. The number of hydrogen-bond donors (Lipinski definition) is 1. The molecule has 1 amide bonds. The summed E-state index contributed by atoms with van der Waals surface area (Å²) >= 11 is 0. The Morgan fingerprint density at radius 1 is 1.15 bits per heavy atom. The number of nitrogens with zero attached hydrogens (tertiary/aromatic N) is 2. The van der Waals surface area contributed by atoms with Gasteiger partial charge in [-0.25, -0.2) is 9.97 Å². The largest absolute Gasteiger partial charge is 0.443 e. The molecule has 3 rings (SSSR count). The molecule has 2 aromatic heterocycles. The van der Waals surface area contributed by atoms with E-state index in [0.29, 0.717) is 17.1 Å². The van der Waals surface area contributed by atoms with Gasteiger partial charge in [-0.15, -0.1) is 0 Å². The predicted molar refractivity (Wildman–Crippen MR) is 75.7 cm³/mol. The van der Waals surface area contributed by atoms with E-state index in [4.69, 9.17) is 4.42 Å². The number of nitrogens with one attached hydrogen (secondary N) is 1. The molecular formula is C15H13N3O2. The molecule has 5 heteroatoms. The Morgan fingerprint density at radius 3 is 2.65 bits per heavy atom. The van der Waals surface area contributed by atoms with Gasteiger partial charge in [0.1, 0.15) is 17.9 Å². The van der Waals surface area contributed by atoms with Gasteiger partial charge >= 0.3 is 0 Å².